The van der Waals surface area contributed by atoms with Gasteiger partial charge in [0.1, 0.15) is 5.75 Å². The molecular weight excluding hydrogens is 270 g/mol. The van der Waals surface area contributed by atoms with E-state index in [1.165, 1.54) is 22.7 Å². The monoisotopic (exact) mass is 291 g/mol. The first-order chi connectivity index (χ1) is 9.67. The van der Waals surface area contributed by atoms with Gasteiger partial charge < -0.3 is 10.1 Å². The summed E-state index contributed by atoms with van der Waals surface area (Å²) >= 11 is 1.38. The average molecular weight is 291 g/mol. The van der Waals surface area contributed by atoms with Crippen molar-refractivity contribution in [1.82, 2.24) is 14.9 Å². The van der Waals surface area contributed by atoms with Crippen LogP contribution in [-0.4, -0.2) is 23.2 Å². The van der Waals surface area contributed by atoms with Gasteiger partial charge >= 0.3 is 0 Å². The van der Waals surface area contributed by atoms with E-state index in [1.54, 1.807) is 7.11 Å². The molecule has 0 aliphatic heterocycles. The summed E-state index contributed by atoms with van der Waals surface area (Å²) in [6.45, 7) is 7.28. The molecule has 108 valence electrons. The molecule has 0 fully saturated rings. The van der Waals surface area contributed by atoms with E-state index in [0.717, 1.165) is 30.0 Å². The molecule has 1 heterocycles. The van der Waals surface area contributed by atoms with E-state index in [-0.39, 0.29) is 6.04 Å². The lowest BCUT2D eigenvalue weighted by Crippen LogP contribution is -2.25. The Balaban J connectivity index is 2.48. The maximum atomic E-state index is 5.58. The number of methoxy groups -OCH3 is 1. The summed E-state index contributed by atoms with van der Waals surface area (Å²) in [4.78, 5) is 0. The Morgan fingerprint density at radius 1 is 1.35 bits per heavy atom. The molecule has 0 amide bonds. The van der Waals surface area contributed by atoms with Crippen molar-refractivity contribution in [3.05, 3.63) is 39.9 Å². The molecule has 2 aromatic rings. The molecule has 1 N–H and O–H groups in total. The molecule has 1 unspecified atom stereocenters. The Morgan fingerprint density at radius 2 is 2.15 bits per heavy atom. The van der Waals surface area contributed by atoms with Gasteiger partial charge in [-0.2, -0.15) is 0 Å². The number of aromatic nitrogens is 2. The highest BCUT2D eigenvalue weighted by molar-refractivity contribution is 7.03. The van der Waals surface area contributed by atoms with Crippen molar-refractivity contribution in [1.29, 1.82) is 0 Å². The predicted molar refractivity (Wildman–Crippen MR) is 82.5 cm³/mol. The molecule has 5 heteroatoms. The Labute approximate surface area is 124 Å². The molecule has 0 bridgehead atoms. The summed E-state index contributed by atoms with van der Waals surface area (Å²) in [7, 11) is 1.72. The number of ether oxygens (including phenoxy) is 1. The number of aryl methyl sites for hydroxylation is 2. The zero-order valence-corrected chi connectivity index (χ0v) is 13.3. The van der Waals surface area contributed by atoms with E-state index in [1.807, 2.05) is 5.38 Å². The SMILES string of the molecule is CCCNC(c1csnn1)c1c(C)cc(C)cc1OC. The summed E-state index contributed by atoms with van der Waals surface area (Å²) in [6.07, 6.45) is 1.07. The molecular formula is C15H21N3OS. The number of nitrogens with one attached hydrogen (secondary N) is 1. The van der Waals surface area contributed by atoms with Gasteiger partial charge in [0.25, 0.3) is 0 Å². The normalized spacial score (nSPS) is 12.4. The fraction of sp³-hybridized carbons (Fsp3) is 0.467. The van der Waals surface area contributed by atoms with E-state index in [2.05, 4.69) is 47.8 Å². The minimum Gasteiger partial charge on any atom is -0.496 e. The zero-order chi connectivity index (χ0) is 14.5. The van der Waals surface area contributed by atoms with Crippen LogP contribution in [0.25, 0.3) is 0 Å². The number of nitrogens with zero attached hydrogens (tertiary/aromatic N) is 2. The van der Waals surface area contributed by atoms with Gasteiger partial charge in [-0.3, -0.25) is 0 Å². The number of rotatable bonds is 6. The molecule has 2 rings (SSSR count). The zero-order valence-electron chi connectivity index (χ0n) is 12.4. The second-order valence-electron chi connectivity index (χ2n) is 4.91. The van der Waals surface area contributed by atoms with Crippen molar-refractivity contribution in [2.45, 2.75) is 33.2 Å². The first kappa shape index (κ1) is 14.9. The van der Waals surface area contributed by atoms with E-state index >= 15 is 0 Å². The van der Waals surface area contributed by atoms with Crippen LogP contribution in [0.1, 0.15) is 41.8 Å². The van der Waals surface area contributed by atoms with Crippen LogP contribution >= 0.6 is 11.5 Å². The molecule has 0 aliphatic carbocycles. The lowest BCUT2D eigenvalue weighted by atomic mass is 9.96. The Kier molecular flexibility index (Phi) is 5.09. The minimum absolute atomic E-state index is 0.0317. The van der Waals surface area contributed by atoms with E-state index in [4.69, 9.17) is 4.74 Å². The fourth-order valence-corrected chi connectivity index (χ4v) is 2.90. The summed E-state index contributed by atoms with van der Waals surface area (Å²) in [5.41, 5.74) is 4.52. The second kappa shape index (κ2) is 6.81. The summed E-state index contributed by atoms with van der Waals surface area (Å²) in [6, 6.07) is 4.28. The van der Waals surface area contributed by atoms with Crippen LogP contribution < -0.4 is 10.1 Å². The third-order valence-corrected chi connectivity index (χ3v) is 3.80. The van der Waals surface area contributed by atoms with Crippen molar-refractivity contribution in [3.8, 4) is 5.75 Å². The van der Waals surface area contributed by atoms with Crippen molar-refractivity contribution < 1.29 is 4.74 Å². The standard InChI is InChI=1S/C15H21N3OS/c1-5-6-16-15(12-9-20-18-17-12)14-11(3)7-10(2)8-13(14)19-4/h7-9,15-16H,5-6H2,1-4H3. The van der Waals surface area contributed by atoms with Crippen LogP contribution in [0.4, 0.5) is 0 Å². The van der Waals surface area contributed by atoms with Crippen LogP contribution in [-0.2, 0) is 0 Å². The van der Waals surface area contributed by atoms with Crippen molar-refractivity contribution in [2.24, 2.45) is 0 Å². The largest absolute Gasteiger partial charge is 0.496 e. The molecule has 1 aromatic heterocycles. The quantitative estimate of drug-likeness (QED) is 0.887. The first-order valence-corrected chi connectivity index (χ1v) is 7.66. The van der Waals surface area contributed by atoms with E-state index in [0.29, 0.717) is 0 Å². The number of benzene rings is 1. The second-order valence-corrected chi connectivity index (χ2v) is 5.52. The molecule has 4 nitrogen and oxygen atoms in total. The van der Waals surface area contributed by atoms with Crippen molar-refractivity contribution in [3.63, 3.8) is 0 Å². The maximum Gasteiger partial charge on any atom is 0.124 e. The molecule has 0 saturated carbocycles. The molecule has 1 atom stereocenters. The number of hydrogen-bond donors (Lipinski definition) is 1. The highest BCUT2D eigenvalue weighted by atomic mass is 32.1. The molecule has 1 aromatic carbocycles. The molecule has 0 saturated heterocycles. The minimum atomic E-state index is 0.0317. The van der Waals surface area contributed by atoms with Crippen molar-refractivity contribution in [2.75, 3.05) is 13.7 Å². The molecule has 20 heavy (non-hydrogen) atoms. The van der Waals surface area contributed by atoms with Gasteiger partial charge in [-0.15, -0.1) is 5.10 Å². The predicted octanol–water partition coefficient (Wildman–Crippen LogP) is 3.25. The maximum absolute atomic E-state index is 5.58. The molecule has 0 radical (unpaired) electrons. The Hall–Kier alpha value is -1.46. The molecule has 0 aliphatic rings. The summed E-state index contributed by atoms with van der Waals surface area (Å²) < 4.78 is 9.57. The van der Waals surface area contributed by atoms with Gasteiger partial charge in [-0.1, -0.05) is 17.5 Å². The van der Waals surface area contributed by atoms with Crippen molar-refractivity contribution >= 4 is 11.5 Å². The first-order valence-electron chi connectivity index (χ1n) is 6.82. The lowest BCUT2D eigenvalue weighted by molar-refractivity contribution is 0.402. The van der Waals surface area contributed by atoms with Crippen LogP contribution in [0.3, 0.4) is 0 Å². The van der Waals surface area contributed by atoms with Gasteiger partial charge in [-0.25, -0.2) is 0 Å². The fourth-order valence-electron chi connectivity index (χ4n) is 2.42. The number of hydrogen-bond acceptors (Lipinski definition) is 5. The third-order valence-electron chi connectivity index (χ3n) is 3.27. The topological polar surface area (TPSA) is 47.0 Å². The van der Waals surface area contributed by atoms with Crippen LogP contribution in [0.2, 0.25) is 0 Å². The van der Waals surface area contributed by atoms with Gasteiger partial charge in [0.15, 0.2) is 0 Å². The lowest BCUT2D eigenvalue weighted by Gasteiger charge is -2.22. The average Bonchev–Trinajstić information content (AvgIpc) is 2.94. The Morgan fingerprint density at radius 3 is 2.75 bits per heavy atom. The van der Waals surface area contributed by atoms with Gasteiger partial charge in [-0.05, 0) is 55.5 Å². The van der Waals surface area contributed by atoms with Crippen LogP contribution in [0.15, 0.2) is 17.5 Å². The summed E-state index contributed by atoms with van der Waals surface area (Å²) in [5, 5.41) is 9.77. The highest BCUT2D eigenvalue weighted by Crippen LogP contribution is 2.33. The highest BCUT2D eigenvalue weighted by Gasteiger charge is 2.22. The van der Waals surface area contributed by atoms with Gasteiger partial charge in [0, 0.05) is 10.9 Å². The summed E-state index contributed by atoms with van der Waals surface area (Å²) in [5.74, 6) is 0.907. The Bertz CT molecular complexity index is 554. The van der Waals surface area contributed by atoms with Crippen LogP contribution in [0, 0.1) is 13.8 Å². The smallest absolute Gasteiger partial charge is 0.124 e. The van der Waals surface area contributed by atoms with Crippen LogP contribution in [0.5, 0.6) is 5.75 Å². The van der Waals surface area contributed by atoms with E-state index in [9.17, 15) is 0 Å². The third kappa shape index (κ3) is 3.16. The van der Waals surface area contributed by atoms with Gasteiger partial charge in [0.05, 0.1) is 18.8 Å². The van der Waals surface area contributed by atoms with E-state index < -0.39 is 0 Å². The molecule has 0 spiro atoms. The van der Waals surface area contributed by atoms with Gasteiger partial charge in [0.2, 0.25) is 0 Å².